The Labute approximate surface area is 152 Å². The predicted molar refractivity (Wildman–Crippen MR) is 98.8 cm³/mol. The van der Waals surface area contributed by atoms with Crippen LogP contribution < -0.4 is 4.74 Å². The lowest BCUT2D eigenvalue weighted by Gasteiger charge is -2.20. The molecule has 0 saturated carbocycles. The number of nitrogens with zero attached hydrogens (tertiary/aromatic N) is 3. The Morgan fingerprint density at radius 3 is 2.73 bits per heavy atom. The van der Waals surface area contributed by atoms with E-state index in [0.29, 0.717) is 13.0 Å². The van der Waals surface area contributed by atoms with Crippen LogP contribution in [0.3, 0.4) is 0 Å². The Balaban J connectivity index is 1.36. The SMILES string of the molecule is CN(Cc1cnn(Cc2ccccc2)c1)C(=O)C1Cc2ccccc2O1. The number of hydrogen-bond donors (Lipinski definition) is 0. The molecule has 5 heteroatoms. The fourth-order valence-electron chi connectivity index (χ4n) is 3.26. The number of rotatable bonds is 5. The Hall–Kier alpha value is -3.08. The van der Waals surface area contributed by atoms with Crippen LogP contribution in [0.15, 0.2) is 67.0 Å². The normalized spacial score (nSPS) is 15.3. The van der Waals surface area contributed by atoms with Gasteiger partial charge in [-0.15, -0.1) is 0 Å². The van der Waals surface area contributed by atoms with Gasteiger partial charge in [-0.25, -0.2) is 0 Å². The van der Waals surface area contributed by atoms with Gasteiger partial charge < -0.3 is 9.64 Å². The predicted octanol–water partition coefficient (Wildman–Crippen LogP) is 2.89. The summed E-state index contributed by atoms with van der Waals surface area (Å²) >= 11 is 0. The molecule has 0 bridgehead atoms. The lowest BCUT2D eigenvalue weighted by atomic mass is 10.1. The maximum absolute atomic E-state index is 12.7. The third-order valence-electron chi connectivity index (χ3n) is 4.59. The molecule has 5 nitrogen and oxygen atoms in total. The molecule has 26 heavy (non-hydrogen) atoms. The van der Waals surface area contributed by atoms with E-state index in [1.54, 1.807) is 4.90 Å². The van der Waals surface area contributed by atoms with Crippen LogP contribution in [-0.2, 0) is 24.3 Å². The van der Waals surface area contributed by atoms with Gasteiger partial charge in [-0.05, 0) is 17.2 Å². The van der Waals surface area contributed by atoms with Gasteiger partial charge in [-0.2, -0.15) is 5.10 Å². The topological polar surface area (TPSA) is 47.4 Å². The zero-order valence-electron chi connectivity index (χ0n) is 14.7. The molecule has 2 aromatic carbocycles. The van der Waals surface area contributed by atoms with Crippen molar-refractivity contribution >= 4 is 5.91 Å². The highest BCUT2D eigenvalue weighted by atomic mass is 16.5. The summed E-state index contributed by atoms with van der Waals surface area (Å²) < 4.78 is 7.69. The zero-order valence-corrected chi connectivity index (χ0v) is 14.7. The van der Waals surface area contributed by atoms with Crippen LogP contribution in [-0.4, -0.2) is 33.7 Å². The minimum atomic E-state index is -0.434. The quantitative estimate of drug-likeness (QED) is 0.713. The second kappa shape index (κ2) is 7.04. The first-order valence-corrected chi connectivity index (χ1v) is 8.74. The summed E-state index contributed by atoms with van der Waals surface area (Å²) in [6.07, 6.45) is 4.00. The lowest BCUT2D eigenvalue weighted by Crippen LogP contribution is -2.38. The molecule has 0 fully saturated rings. The van der Waals surface area contributed by atoms with Crippen LogP contribution in [0.25, 0.3) is 0 Å². The highest BCUT2D eigenvalue weighted by Gasteiger charge is 2.30. The molecule has 1 aromatic heterocycles. The maximum atomic E-state index is 12.7. The van der Waals surface area contributed by atoms with Gasteiger partial charge in [0, 0.05) is 31.8 Å². The van der Waals surface area contributed by atoms with Crippen LogP contribution in [0.2, 0.25) is 0 Å². The van der Waals surface area contributed by atoms with Crippen LogP contribution in [0, 0.1) is 0 Å². The molecule has 1 unspecified atom stereocenters. The fraction of sp³-hybridized carbons (Fsp3) is 0.238. The summed E-state index contributed by atoms with van der Waals surface area (Å²) in [6.45, 7) is 1.24. The van der Waals surface area contributed by atoms with E-state index in [4.69, 9.17) is 4.74 Å². The molecule has 0 radical (unpaired) electrons. The van der Waals surface area contributed by atoms with Gasteiger partial charge in [0.1, 0.15) is 5.75 Å². The molecule has 132 valence electrons. The number of likely N-dealkylation sites (N-methyl/N-ethyl adjacent to an activating group) is 1. The van der Waals surface area contributed by atoms with Crippen LogP contribution >= 0.6 is 0 Å². The van der Waals surface area contributed by atoms with Crippen molar-refractivity contribution in [2.75, 3.05) is 7.05 Å². The van der Waals surface area contributed by atoms with E-state index < -0.39 is 6.10 Å². The molecule has 3 aromatic rings. The van der Waals surface area contributed by atoms with Gasteiger partial charge in [-0.3, -0.25) is 9.48 Å². The Morgan fingerprint density at radius 2 is 1.92 bits per heavy atom. The van der Waals surface area contributed by atoms with Crippen molar-refractivity contribution in [1.29, 1.82) is 0 Å². The number of carbonyl (C=O) groups excluding carboxylic acids is 1. The molecule has 0 aliphatic carbocycles. The molecule has 0 saturated heterocycles. The van der Waals surface area contributed by atoms with Gasteiger partial charge in [0.15, 0.2) is 6.10 Å². The van der Waals surface area contributed by atoms with E-state index in [1.807, 2.05) is 66.6 Å². The third kappa shape index (κ3) is 3.47. The van der Waals surface area contributed by atoms with E-state index in [2.05, 4.69) is 17.2 Å². The summed E-state index contributed by atoms with van der Waals surface area (Å²) in [5.41, 5.74) is 3.30. The van der Waals surface area contributed by atoms with Gasteiger partial charge in [0.05, 0.1) is 12.7 Å². The number of benzene rings is 2. The summed E-state index contributed by atoms with van der Waals surface area (Å²) in [5.74, 6) is 0.812. The van der Waals surface area contributed by atoms with E-state index in [0.717, 1.165) is 23.4 Å². The first kappa shape index (κ1) is 16.4. The van der Waals surface area contributed by atoms with Gasteiger partial charge in [0.25, 0.3) is 5.91 Å². The average molecular weight is 347 g/mol. The van der Waals surface area contributed by atoms with Crippen molar-refractivity contribution in [3.05, 3.63) is 83.7 Å². The number of para-hydroxylation sites is 1. The zero-order chi connectivity index (χ0) is 17.9. The molecule has 0 N–H and O–H groups in total. The molecule has 1 aliphatic heterocycles. The molecular formula is C21H21N3O2. The Morgan fingerprint density at radius 1 is 1.15 bits per heavy atom. The van der Waals surface area contributed by atoms with Crippen molar-refractivity contribution in [3.8, 4) is 5.75 Å². The van der Waals surface area contributed by atoms with E-state index >= 15 is 0 Å². The van der Waals surface area contributed by atoms with Gasteiger partial charge in [-0.1, -0.05) is 48.5 Å². The fourth-order valence-corrected chi connectivity index (χ4v) is 3.26. The van der Waals surface area contributed by atoms with Crippen LogP contribution in [0.4, 0.5) is 0 Å². The van der Waals surface area contributed by atoms with Crippen LogP contribution in [0.5, 0.6) is 5.75 Å². The van der Waals surface area contributed by atoms with Crippen molar-refractivity contribution < 1.29 is 9.53 Å². The van der Waals surface area contributed by atoms with Gasteiger partial charge in [0.2, 0.25) is 0 Å². The number of carbonyl (C=O) groups is 1. The smallest absolute Gasteiger partial charge is 0.264 e. The van der Waals surface area contributed by atoms with Crippen molar-refractivity contribution in [2.45, 2.75) is 25.6 Å². The summed E-state index contributed by atoms with van der Waals surface area (Å²) in [5, 5.41) is 4.40. The van der Waals surface area contributed by atoms with E-state index in [1.165, 1.54) is 5.56 Å². The highest BCUT2D eigenvalue weighted by molar-refractivity contribution is 5.82. The second-order valence-electron chi connectivity index (χ2n) is 6.64. The highest BCUT2D eigenvalue weighted by Crippen LogP contribution is 2.28. The second-order valence-corrected chi connectivity index (χ2v) is 6.64. The number of aromatic nitrogens is 2. The van der Waals surface area contributed by atoms with E-state index in [9.17, 15) is 4.79 Å². The van der Waals surface area contributed by atoms with Crippen molar-refractivity contribution in [1.82, 2.24) is 14.7 Å². The first-order chi connectivity index (χ1) is 12.7. The summed E-state index contributed by atoms with van der Waals surface area (Å²) in [6, 6.07) is 18.0. The van der Waals surface area contributed by atoms with Gasteiger partial charge >= 0.3 is 0 Å². The molecule has 1 atom stereocenters. The molecule has 2 heterocycles. The molecular weight excluding hydrogens is 326 g/mol. The Bertz CT molecular complexity index is 879. The largest absolute Gasteiger partial charge is 0.480 e. The minimum absolute atomic E-state index is 0.00277. The number of ether oxygens (including phenoxy) is 1. The van der Waals surface area contributed by atoms with Crippen molar-refractivity contribution in [2.24, 2.45) is 0 Å². The molecule has 1 amide bonds. The van der Waals surface area contributed by atoms with Crippen LogP contribution in [0.1, 0.15) is 16.7 Å². The summed E-state index contributed by atoms with van der Waals surface area (Å²) in [4.78, 5) is 14.4. The maximum Gasteiger partial charge on any atom is 0.264 e. The average Bonchev–Trinajstić information content (AvgIpc) is 3.28. The van der Waals surface area contributed by atoms with Crippen molar-refractivity contribution in [3.63, 3.8) is 0 Å². The summed E-state index contributed by atoms with van der Waals surface area (Å²) in [7, 11) is 1.81. The molecule has 4 rings (SSSR count). The number of fused-ring (bicyclic) bond motifs is 1. The minimum Gasteiger partial charge on any atom is -0.480 e. The standard InChI is InChI=1S/C21H21N3O2/c1-23(21(25)20-11-18-9-5-6-10-19(18)26-20)13-17-12-22-24(15-17)14-16-7-3-2-4-8-16/h2-10,12,15,20H,11,13-14H2,1H3. The third-order valence-corrected chi connectivity index (χ3v) is 4.59. The number of hydrogen-bond acceptors (Lipinski definition) is 3. The first-order valence-electron chi connectivity index (χ1n) is 8.74. The molecule has 0 spiro atoms. The monoisotopic (exact) mass is 347 g/mol. The lowest BCUT2D eigenvalue weighted by molar-refractivity contribution is -0.137. The number of amides is 1. The molecule has 1 aliphatic rings. The Kier molecular flexibility index (Phi) is 4.44. The van der Waals surface area contributed by atoms with E-state index in [-0.39, 0.29) is 5.91 Å².